The summed E-state index contributed by atoms with van der Waals surface area (Å²) in [5.41, 5.74) is 0. The molecule has 0 aliphatic carbocycles. The predicted octanol–water partition coefficient (Wildman–Crippen LogP) is 5.25. The Bertz CT molecular complexity index is 409. The molecule has 0 saturated heterocycles. The highest BCUT2D eigenvalue weighted by Crippen LogP contribution is 2.07. The summed E-state index contributed by atoms with van der Waals surface area (Å²) in [4.78, 5) is 11.4. The largest absolute Gasteiger partial charge is 0.457 e. The van der Waals surface area contributed by atoms with Crippen LogP contribution in [0.15, 0.2) is 36.5 Å². The average Bonchev–Trinajstić information content (AvgIpc) is 2.68. The molecule has 0 aromatic rings. The first-order valence-corrected chi connectivity index (χ1v) is 10.6. The third-order valence-electron chi connectivity index (χ3n) is 4.23. The molecule has 0 spiro atoms. The summed E-state index contributed by atoms with van der Waals surface area (Å²) in [5, 5.41) is 17.7. The minimum atomic E-state index is -0.793. The smallest absolute Gasteiger partial charge is 0.306 e. The fraction of sp³-hybridized carbons (Fsp3) is 0.696. The molecule has 0 aliphatic heterocycles. The van der Waals surface area contributed by atoms with Crippen LogP contribution in [0, 0.1) is 0 Å². The fourth-order valence-electron chi connectivity index (χ4n) is 2.56. The zero-order valence-electron chi connectivity index (χ0n) is 17.2. The summed E-state index contributed by atoms with van der Waals surface area (Å²) < 4.78 is 4.90. The van der Waals surface area contributed by atoms with Crippen LogP contribution in [0.3, 0.4) is 0 Å². The Labute approximate surface area is 166 Å². The van der Waals surface area contributed by atoms with Crippen LogP contribution in [0.25, 0.3) is 0 Å². The predicted molar refractivity (Wildman–Crippen MR) is 113 cm³/mol. The molecule has 4 heteroatoms. The van der Waals surface area contributed by atoms with Gasteiger partial charge in [0.05, 0.1) is 13.2 Å². The number of allylic oxidation sites excluding steroid dienone is 6. The Morgan fingerprint density at radius 2 is 1.30 bits per heavy atom. The van der Waals surface area contributed by atoms with Gasteiger partial charge in [-0.05, 0) is 38.5 Å². The molecule has 4 nitrogen and oxygen atoms in total. The van der Waals surface area contributed by atoms with Gasteiger partial charge in [0.15, 0.2) is 0 Å². The van der Waals surface area contributed by atoms with E-state index in [0.717, 1.165) is 19.3 Å². The summed E-state index contributed by atoms with van der Waals surface area (Å²) in [5.74, 6) is -0.371. The van der Waals surface area contributed by atoms with Crippen molar-refractivity contribution in [2.45, 2.75) is 90.1 Å². The first kappa shape index (κ1) is 25.6. The van der Waals surface area contributed by atoms with Gasteiger partial charge in [-0.1, -0.05) is 75.5 Å². The summed E-state index contributed by atoms with van der Waals surface area (Å²) in [6, 6.07) is 0. The van der Waals surface area contributed by atoms with Crippen LogP contribution in [0.1, 0.15) is 84.0 Å². The molecule has 0 aromatic heterocycles. The second-order valence-corrected chi connectivity index (χ2v) is 6.81. The molecule has 0 bridgehead atoms. The van der Waals surface area contributed by atoms with E-state index in [1.165, 1.54) is 44.9 Å². The first-order valence-electron chi connectivity index (χ1n) is 10.6. The summed E-state index contributed by atoms with van der Waals surface area (Å²) in [7, 11) is 0. The van der Waals surface area contributed by atoms with Gasteiger partial charge in [0, 0.05) is 6.42 Å². The fourth-order valence-corrected chi connectivity index (χ4v) is 2.56. The van der Waals surface area contributed by atoms with E-state index in [4.69, 9.17) is 14.9 Å². The number of hydrogen-bond acceptors (Lipinski definition) is 4. The van der Waals surface area contributed by atoms with E-state index in [1.807, 2.05) is 0 Å². The molecule has 2 N–H and O–H groups in total. The van der Waals surface area contributed by atoms with Crippen LogP contribution >= 0.6 is 0 Å². The third kappa shape index (κ3) is 19.2. The average molecular weight is 381 g/mol. The standard InChI is InChI=1S/C23H40O4/c1-2-3-4-5-6-7-8-9-10-11-12-13-14-15-16-17-18-19-23(26)27-22(20-24)21-25/h9-10,12-13,15-16,22,24-25H,2-8,11,14,17-21H2,1H3. The Hall–Kier alpha value is -1.39. The number of carbonyl (C=O) groups excluding carboxylic acids is 1. The van der Waals surface area contributed by atoms with Crippen molar-refractivity contribution in [3.8, 4) is 0 Å². The molecule has 0 saturated carbocycles. The molecular formula is C23H40O4. The van der Waals surface area contributed by atoms with E-state index in [-0.39, 0.29) is 19.2 Å². The Kier molecular flexibility index (Phi) is 19.8. The van der Waals surface area contributed by atoms with Gasteiger partial charge in [-0.3, -0.25) is 4.79 Å². The van der Waals surface area contributed by atoms with Gasteiger partial charge in [0.2, 0.25) is 0 Å². The van der Waals surface area contributed by atoms with Crippen LogP contribution in [-0.2, 0) is 9.53 Å². The number of unbranched alkanes of at least 4 members (excludes halogenated alkanes) is 7. The third-order valence-corrected chi connectivity index (χ3v) is 4.23. The van der Waals surface area contributed by atoms with Gasteiger partial charge >= 0.3 is 5.97 Å². The van der Waals surface area contributed by atoms with Gasteiger partial charge in [0.1, 0.15) is 6.10 Å². The number of ether oxygens (including phenoxy) is 1. The molecule has 0 unspecified atom stereocenters. The lowest BCUT2D eigenvalue weighted by molar-refractivity contribution is -0.153. The molecule has 0 aromatic carbocycles. The topological polar surface area (TPSA) is 66.8 Å². The molecule has 27 heavy (non-hydrogen) atoms. The molecule has 0 amide bonds. The quantitative estimate of drug-likeness (QED) is 0.193. The maximum absolute atomic E-state index is 11.4. The van der Waals surface area contributed by atoms with E-state index in [2.05, 4.69) is 43.4 Å². The van der Waals surface area contributed by atoms with Crippen molar-refractivity contribution in [1.82, 2.24) is 0 Å². The van der Waals surface area contributed by atoms with Crippen LogP contribution < -0.4 is 0 Å². The molecule has 0 rings (SSSR count). The Morgan fingerprint density at radius 1 is 0.778 bits per heavy atom. The maximum Gasteiger partial charge on any atom is 0.306 e. The van der Waals surface area contributed by atoms with Crippen LogP contribution in [0.5, 0.6) is 0 Å². The highest BCUT2D eigenvalue weighted by molar-refractivity contribution is 5.69. The van der Waals surface area contributed by atoms with Gasteiger partial charge < -0.3 is 14.9 Å². The van der Waals surface area contributed by atoms with E-state index in [0.29, 0.717) is 12.8 Å². The van der Waals surface area contributed by atoms with Crippen molar-refractivity contribution in [3.63, 3.8) is 0 Å². The van der Waals surface area contributed by atoms with E-state index < -0.39 is 6.10 Å². The SMILES string of the molecule is CCCCCCCCC=CCC=CCC=CCCCC(=O)OC(CO)CO. The molecule has 0 atom stereocenters. The molecular weight excluding hydrogens is 340 g/mol. The van der Waals surface area contributed by atoms with Crippen molar-refractivity contribution < 1.29 is 19.7 Å². The number of esters is 1. The molecule has 0 aliphatic rings. The Morgan fingerprint density at radius 3 is 1.89 bits per heavy atom. The van der Waals surface area contributed by atoms with Gasteiger partial charge in [0.25, 0.3) is 0 Å². The monoisotopic (exact) mass is 380 g/mol. The number of aliphatic hydroxyl groups excluding tert-OH is 2. The van der Waals surface area contributed by atoms with Crippen LogP contribution in [0.2, 0.25) is 0 Å². The number of carbonyl (C=O) groups is 1. The first-order chi connectivity index (χ1) is 13.2. The van der Waals surface area contributed by atoms with E-state index in [9.17, 15) is 4.79 Å². The zero-order valence-corrected chi connectivity index (χ0v) is 17.2. The second kappa shape index (κ2) is 20.9. The minimum Gasteiger partial charge on any atom is -0.457 e. The lowest BCUT2D eigenvalue weighted by Gasteiger charge is -2.11. The number of aliphatic hydroxyl groups is 2. The second-order valence-electron chi connectivity index (χ2n) is 6.81. The zero-order chi connectivity index (χ0) is 20.0. The molecule has 0 radical (unpaired) electrons. The van der Waals surface area contributed by atoms with Crippen LogP contribution in [-0.4, -0.2) is 35.5 Å². The molecule has 0 heterocycles. The van der Waals surface area contributed by atoms with Crippen molar-refractivity contribution in [1.29, 1.82) is 0 Å². The van der Waals surface area contributed by atoms with Crippen molar-refractivity contribution in [2.75, 3.05) is 13.2 Å². The Balaban J connectivity index is 3.47. The number of hydrogen-bond donors (Lipinski definition) is 2. The van der Waals surface area contributed by atoms with Crippen molar-refractivity contribution in [2.24, 2.45) is 0 Å². The van der Waals surface area contributed by atoms with Gasteiger partial charge in [-0.15, -0.1) is 0 Å². The highest BCUT2D eigenvalue weighted by atomic mass is 16.6. The molecule has 156 valence electrons. The number of rotatable bonds is 18. The minimum absolute atomic E-state index is 0.306. The molecule has 0 fully saturated rings. The van der Waals surface area contributed by atoms with E-state index >= 15 is 0 Å². The summed E-state index contributed by atoms with van der Waals surface area (Å²) in [6.07, 6.45) is 25.3. The summed E-state index contributed by atoms with van der Waals surface area (Å²) in [6.45, 7) is 1.56. The van der Waals surface area contributed by atoms with Crippen molar-refractivity contribution in [3.05, 3.63) is 36.5 Å². The van der Waals surface area contributed by atoms with Crippen LogP contribution in [0.4, 0.5) is 0 Å². The summed E-state index contributed by atoms with van der Waals surface area (Å²) >= 11 is 0. The van der Waals surface area contributed by atoms with Crippen molar-refractivity contribution >= 4 is 5.97 Å². The van der Waals surface area contributed by atoms with Gasteiger partial charge in [-0.25, -0.2) is 0 Å². The van der Waals surface area contributed by atoms with Gasteiger partial charge in [-0.2, -0.15) is 0 Å². The highest BCUT2D eigenvalue weighted by Gasteiger charge is 2.11. The van der Waals surface area contributed by atoms with E-state index in [1.54, 1.807) is 0 Å². The normalized spacial score (nSPS) is 12.1. The maximum atomic E-state index is 11.4. The lowest BCUT2D eigenvalue weighted by Crippen LogP contribution is -2.25. The lowest BCUT2D eigenvalue weighted by atomic mass is 10.1.